The Morgan fingerprint density at radius 1 is 0.581 bits per heavy atom. The number of rotatable bonds is 5. The Hall–Kier alpha value is -2.94. The van der Waals surface area contributed by atoms with Gasteiger partial charge in [0.15, 0.2) is 0 Å². The third kappa shape index (κ3) is 2.72. The van der Waals surface area contributed by atoms with E-state index in [9.17, 15) is 0 Å². The lowest BCUT2D eigenvalue weighted by Gasteiger charge is -2.45. The van der Waals surface area contributed by atoms with Crippen LogP contribution in [0.4, 0.5) is 0 Å². The second-order valence-corrected chi connectivity index (χ2v) is 12.5. The molecule has 0 amide bonds. The molecule has 3 aliphatic carbocycles. The lowest BCUT2D eigenvalue weighted by atomic mass is 10.1. The number of fused-ring (bicyclic) bond motifs is 3. The summed E-state index contributed by atoms with van der Waals surface area (Å²) in [4.78, 5) is 0. The van der Waals surface area contributed by atoms with Crippen LogP contribution in [0.25, 0.3) is 18.2 Å². The highest BCUT2D eigenvalue weighted by atomic mass is 28.4. The summed E-state index contributed by atoms with van der Waals surface area (Å²) in [7, 11) is -2.51. The van der Waals surface area contributed by atoms with E-state index in [-0.39, 0.29) is 0 Å². The summed E-state index contributed by atoms with van der Waals surface area (Å²) in [6.45, 7) is 2.90. The van der Waals surface area contributed by atoms with Crippen molar-refractivity contribution in [2.75, 3.05) is 6.61 Å². The molecule has 31 heavy (non-hydrogen) atoms. The third-order valence-electron chi connectivity index (χ3n) is 7.25. The molecule has 0 saturated heterocycles. The van der Waals surface area contributed by atoms with Gasteiger partial charge in [0.05, 0.1) is 0 Å². The first kappa shape index (κ1) is 18.8. The van der Waals surface area contributed by atoms with Crippen LogP contribution in [0.2, 0.25) is 0 Å². The van der Waals surface area contributed by atoms with Crippen molar-refractivity contribution < 1.29 is 4.43 Å². The molecule has 6 rings (SSSR count). The highest BCUT2D eigenvalue weighted by molar-refractivity contribution is 6.80. The van der Waals surface area contributed by atoms with Crippen molar-refractivity contribution in [3.8, 4) is 0 Å². The van der Waals surface area contributed by atoms with Crippen molar-refractivity contribution in [3.05, 3.63) is 124 Å². The van der Waals surface area contributed by atoms with E-state index in [2.05, 4.69) is 116 Å². The molecule has 1 nitrogen and oxygen atoms in total. The molecular weight excluding hydrogens is 392 g/mol. The second kappa shape index (κ2) is 7.33. The van der Waals surface area contributed by atoms with Gasteiger partial charge in [0.1, 0.15) is 0 Å². The summed E-state index contributed by atoms with van der Waals surface area (Å²) in [5.74, 6) is 0. The Kier molecular flexibility index (Phi) is 4.45. The molecule has 0 bridgehead atoms. The van der Waals surface area contributed by atoms with Crippen LogP contribution in [-0.2, 0) is 4.43 Å². The largest absolute Gasteiger partial charge is 0.414 e. The summed E-state index contributed by atoms with van der Waals surface area (Å²) < 4.78 is 7.14. The molecular formula is C29H26OSi. The number of hydrogen-bond donors (Lipinski definition) is 0. The van der Waals surface area contributed by atoms with Crippen LogP contribution in [0.1, 0.15) is 56.9 Å². The Balaban J connectivity index is 1.61. The topological polar surface area (TPSA) is 9.23 Å². The van der Waals surface area contributed by atoms with Gasteiger partial charge < -0.3 is 4.43 Å². The zero-order valence-electron chi connectivity index (χ0n) is 17.7. The molecule has 0 radical (unpaired) electrons. The number of hydrogen-bond acceptors (Lipinski definition) is 1. The van der Waals surface area contributed by atoms with Gasteiger partial charge in [-0.3, -0.25) is 0 Å². The quantitative estimate of drug-likeness (QED) is 0.405. The predicted molar refractivity (Wildman–Crippen MR) is 132 cm³/mol. The van der Waals surface area contributed by atoms with Gasteiger partial charge in [-0.15, -0.1) is 0 Å². The van der Waals surface area contributed by atoms with Gasteiger partial charge in [-0.25, -0.2) is 0 Å². The van der Waals surface area contributed by atoms with Crippen LogP contribution in [0.5, 0.6) is 0 Å². The molecule has 3 aromatic rings. The van der Waals surface area contributed by atoms with E-state index in [0.29, 0.717) is 16.6 Å². The van der Waals surface area contributed by atoms with E-state index in [1.807, 2.05) is 0 Å². The lowest BCUT2D eigenvalue weighted by molar-refractivity contribution is 0.305. The van der Waals surface area contributed by atoms with E-state index < -0.39 is 8.32 Å². The van der Waals surface area contributed by atoms with E-state index >= 15 is 0 Å². The minimum Gasteiger partial charge on any atom is -0.414 e. The van der Waals surface area contributed by atoms with Crippen molar-refractivity contribution >= 4 is 26.5 Å². The highest BCUT2D eigenvalue weighted by Gasteiger charge is 2.57. The minimum atomic E-state index is -2.51. The Labute approximate surface area is 185 Å². The van der Waals surface area contributed by atoms with Gasteiger partial charge >= 0.3 is 0 Å². The summed E-state index contributed by atoms with van der Waals surface area (Å²) >= 11 is 0. The van der Waals surface area contributed by atoms with Crippen LogP contribution in [0.3, 0.4) is 0 Å². The first-order valence-corrected chi connectivity index (χ1v) is 13.4. The van der Waals surface area contributed by atoms with Crippen LogP contribution >= 0.6 is 0 Å². The maximum atomic E-state index is 7.14. The molecule has 0 saturated carbocycles. The first-order valence-electron chi connectivity index (χ1n) is 11.3. The molecule has 0 fully saturated rings. The minimum absolute atomic E-state index is 0.310. The van der Waals surface area contributed by atoms with Gasteiger partial charge in [-0.2, -0.15) is 0 Å². The molecule has 3 aliphatic rings. The zero-order valence-corrected chi connectivity index (χ0v) is 18.7. The van der Waals surface area contributed by atoms with Crippen LogP contribution in [-0.4, -0.2) is 14.9 Å². The molecule has 3 aromatic carbocycles. The van der Waals surface area contributed by atoms with E-state index in [0.717, 1.165) is 6.61 Å². The first-order chi connectivity index (χ1) is 15.3. The maximum Gasteiger partial charge on any atom is 0.225 e. The highest BCUT2D eigenvalue weighted by Crippen LogP contribution is 2.55. The molecule has 152 valence electrons. The van der Waals surface area contributed by atoms with E-state index in [1.165, 1.54) is 33.4 Å². The predicted octanol–water partition coefficient (Wildman–Crippen LogP) is 7.02. The fourth-order valence-electron chi connectivity index (χ4n) is 6.03. The summed E-state index contributed by atoms with van der Waals surface area (Å²) in [5.41, 5.74) is 9.24. The molecule has 0 heterocycles. The Bertz CT molecular complexity index is 1090. The molecule has 0 spiro atoms. The van der Waals surface area contributed by atoms with Crippen LogP contribution in [0.15, 0.2) is 91.0 Å². The van der Waals surface area contributed by atoms with Crippen molar-refractivity contribution in [2.45, 2.75) is 23.5 Å². The number of benzene rings is 3. The molecule has 3 unspecified atom stereocenters. The van der Waals surface area contributed by atoms with Crippen molar-refractivity contribution in [1.29, 1.82) is 0 Å². The van der Waals surface area contributed by atoms with Crippen molar-refractivity contribution in [2.24, 2.45) is 0 Å². The Morgan fingerprint density at radius 2 is 0.935 bits per heavy atom. The summed E-state index contributed by atoms with van der Waals surface area (Å²) in [5, 5.41) is 0. The fourth-order valence-corrected chi connectivity index (χ4v) is 11.7. The van der Waals surface area contributed by atoms with E-state index in [4.69, 9.17) is 4.43 Å². The Morgan fingerprint density at radius 3 is 1.29 bits per heavy atom. The zero-order chi connectivity index (χ0) is 20.8. The normalized spacial score (nSPS) is 24.1. The van der Waals surface area contributed by atoms with Crippen molar-refractivity contribution in [3.63, 3.8) is 0 Å². The van der Waals surface area contributed by atoms with Crippen LogP contribution in [0, 0.1) is 0 Å². The summed E-state index contributed by atoms with van der Waals surface area (Å²) in [6, 6.07) is 26.7. The standard InChI is InChI=1S/C29H26OSi/c1-2-30-31(27-18-15-21-9-3-6-12-24(21)27,28-19-16-22-10-4-7-13-25(22)28)29-20-17-23-11-5-8-14-26(23)29/h3-20,27-29H,2H2,1H3. The molecule has 0 aromatic heterocycles. The second-order valence-electron chi connectivity index (χ2n) is 8.68. The van der Waals surface area contributed by atoms with Gasteiger partial charge in [0.25, 0.3) is 0 Å². The average Bonchev–Trinajstić information content (AvgIpc) is 3.54. The van der Waals surface area contributed by atoms with Crippen molar-refractivity contribution in [1.82, 2.24) is 0 Å². The third-order valence-corrected chi connectivity index (χ3v) is 12.5. The van der Waals surface area contributed by atoms with Gasteiger partial charge in [-0.05, 0) is 40.3 Å². The molecule has 2 heteroatoms. The van der Waals surface area contributed by atoms with Gasteiger partial charge in [0.2, 0.25) is 8.32 Å². The molecule has 0 aliphatic heterocycles. The number of allylic oxidation sites excluding steroid dienone is 3. The van der Waals surface area contributed by atoms with Gasteiger partial charge in [-0.1, -0.05) is 109 Å². The average molecular weight is 419 g/mol. The monoisotopic (exact) mass is 418 g/mol. The maximum absolute atomic E-state index is 7.14. The van der Waals surface area contributed by atoms with Gasteiger partial charge in [0, 0.05) is 23.2 Å². The van der Waals surface area contributed by atoms with Crippen LogP contribution < -0.4 is 0 Å². The lowest BCUT2D eigenvalue weighted by Crippen LogP contribution is -2.54. The molecule has 0 N–H and O–H groups in total. The SMILES string of the molecule is CCO[Si](C1C=Cc2ccccc21)(C1C=Cc2ccccc21)C1C=Cc2ccccc21. The summed E-state index contributed by atoms with van der Waals surface area (Å²) in [6.07, 6.45) is 14.3. The smallest absolute Gasteiger partial charge is 0.225 e. The van der Waals surface area contributed by atoms with E-state index in [1.54, 1.807) is 0 Å². The fraction of sp³-hybridized carbons (Fsp3) is 0.172. The molecule has 3 atom stereocenters.